The number of rotatable bonds is 2. The van der Waals surface area contributed by atoms with E-state index in [4.69, 9.17) is 5.14 Å². The highest BCUT2D eigenvalue weighted by Crippen LogP contribution is 2.20. The summed E-state index contributed by atoms with van der Waals surface area (Å²) in [5.74, 6) is 0.736. The molecule has 0 bridgehead atoms. The lowest BCUT2D eigenvalue weighted by Crippen LogP contribution is -2.12. The van der Waals surface area contributed by atoms with E-state index in [2.05, 4.69) is 20.3 Å². The first-order chi connectivity index (χ1) is 10.9. The predicted molar refractivity (Wildman–Crippen MR) is 81.5 cm³/mol. The van der Waals surface area contributed by atoms with Crippen LogP contribution in [0, 0.1) is 6.92 Å². The van der Waals surface area contributed by atoms with Gasteiger partial charge in [-0.15, -0.1) is 10.2 Å². The molecular weight excluding hydrogens is 318 g/mol. The highest BCUT2D eigenvalue weighted by atomic mass is 32.2. The molecule has 4 rings (SSSR count). The van der Waals surface area contributed by atoms with E-state index in [-0.39, 0.29) is 4.90 Å². The number of hydrogen-bond donors (Lipinski definition) is 1. The Bertz CT molecular complexity index is 1140. The second kappa shape index (κ2) is 4.57. The molecule has 0 amide bonds. The van der Waals surface area contributed by atoms with Gasteiger partial charge in [0.2, 0.25) is 10.0 Å². The van der Waals surface area contributed by atoms with Crippen molar-refractivity contribution in [3.8, 4) is 5.69 Å². The number of benzene rings is 1. The second-order valence-electron chi connectivity index (χ2n) is 5.02. The lowest BCUT2D eigenvalue weighted by atomic mass is 10.3. The fourth-order valence-electron chi connectivity index (χ4n) is 2.39. The van der Waals surface area contributed by atoms with E-state index in [0.717, 1.165) is 11.2 Å². The molecule has 9 nitrogen and oxygen atoms in total. The summed E-state index contributed by atoms with van der Waals surface area (Å²) >= 11 is 0. The third kappa shape index (κ3) is 2.07. The highest BCUT2D eigenvalue weighted by Gasteiger charge is 2.13. The first kappa shape index (κ1) is 13.8. The quantitative estimate of drug-likeness (QED) is 0.569. The number of primary sulfonamides is 1. The van der Waals surface area contributed by atoms with Crippen LogP contribution in [0.2, 0.25) is 0 Å². The summed E-state index contributed by atoms with van der Waals surface area (Å²) in [7, 11) is -3.72. The molecule has 0 saturated heterocycles. The zero-order valence-corrected chi connectivity index (χ0v) is 12.8. The minimum absolute atomic E-state index is 0.0427. The van der Waals surface area contributed by atoms with Gasteiger partial charge in [0.15, 0.2) is 11.3 Å². The van der Waals surface area contributed by atoms with Crippen molar-refractivity contribution < 1.29 is 8.42 Å². The number of sulfonamides is 1. The number of fused-ring (bicyclic) bond motifs is 3. The van der Waals surface area contributed by atoms with Crippen molar-refractivity contribution in [1.29, 1.82) is 0 Å². The van der Waals surface area contributed by atoms with Crippen molar-refractivity contribution in [1.82, 2.24) is 29.4 Å². The zero-order valence-electron chi connectivity index (χ0n) is 11.9. The summed E-state index contributed by atoms with van der Waals surface area (Å²) in [6, 6.07) is 6.09. The fraction of sp³-hybridized carbons (Fsp3) is 0.0769. The minimum atomic E-state index is -3.72. The van der Waals surface area contributed by atoms with E-state index in [1.54, 1.807) is 33.7 Å². The molecule has 3 aromatic heterocycles. The molecule has 3 heterocycles. The third-order valence-corrected chi connectivity index (χ3v) is 4.49. The van der Waals surface area contributed by atoms with Crippen LogP contribution in [0.4, 0.5) is 0 Å². The Hall–Kier alpha value is -2.85. The first-order valence-electron chi connectivity index (χ1n) is 6.62. The topological polar surface area (TPSA) is 121 Å². The molecule has 0 aliphatic rings. The van der Waals surface area contributed by atoms with Gasteiger partial charge in [0.25, 0.3) is 0 Å². The minimum Gasteiger partial charge on any atom is -0.269 e. The van der Waals surface area contributed by atoms with Gasteiger partial charge in [-0.3, -0.25) is 4.40 Å². The van der Waals surface area contributed by atoms with E-state index in [0.29, 0.717) is 17.0 Å². The van der Waals surface area contributed by atoms with Crippen LogP contribution in [0.5, 0.6) is 0 Å². The molecular formula is C13H11N7O2S. The Morgan fingerprint density at radius 2 is 1.83 bits per heavy atom. The van der Waals surface area contributed by atoms with E-state index >= 15 is 0 Å². The van der Waals surface area contributed by atoms with Gasteiger partial charge in [-0.25, -0.2) is 23.2 Å². The normalized spacial score (nSPS) is 12.3. The van der Waals surface area contributed by atoms with E-state index in [9.17, 15) is 8.42 Å². The maximum absolute atomic E-state index is 11.3. The van der Waals surface area contributed by atoms with Crippen LogP contribution in [0.15, 0.2) is 41.7 Å². The summed E-state index contributed by atoms with van der Waals surface area (Å²) in [4.78, 5) is 4.43. The summed E-state index contributed by atoms with van der Waals surface area (Å²) in [6.07, 6.45) is 3.28. The van der Waals surface area contributed by atoms with Crippen molar-refractivity contribution in [2.45, 2.75) is 11.8 Å². The van der Waals surface area contributed by atoms with Crippen molar-refractivity contribution in [2.75, 3.05) is 0 Å². The predicted octanol–water partition coefficient (Wildman–Crippen LogP) is 0.419. The molecule has 0 saturated carbocycles. The largest absolute Gasteiger partial charge is 0.269 e. The number of nitrogens with two attached hydrogens (primary N) is 1. The number of aryl methyl sites for hydroxylation is 1. The van der Waals surface area contributed by atoms with Crippen molar-refractivity contribution >= 4 is 26.7 Å². The van der Waals surface area contributed by atoms with E-state index < -0.39 is 10.0 Å². The third-order valence-electron chi connectivity index (χ3n) is 3.56. The van der Waals surface area contributed by atoms with Crippen molar-refractivity contribution in [2.24, 2.45) is 5.14 Å². The molecule has 0 unspecified atom stereocenters. The highest BCUT2D eigenvalue weighted by molar-refractivity contribution is 7.89. The molecule has 2 N–H and O–H groups in total. The average molecular weight is 329 g/mol. The summed E-state index contributed by atoms with van der Waals surface area (Å²) in [5, 5.41) is 18.3. The van der Waals surface area contributed by atoms with Crippen LogP contribution in [0.25, 0.3) is 22.4 Å². The summed E-state index contributed by atoms with van der Waals surface area (Å²) < 4.78 is 26.0. The smallest absolute Gasteiger partial charge is 0.238 e. The van der Waals surface area contributed by atoms with Gasteiger partial charge < -0.3 is 0 Å². The molecule has 0 aliphatic heterocycles. The monoisotopic (exact) mass is 329 g/mol. The van der Waals surface area contributed by atoms with Crippen LogP contribution in [-0.2, 0) is 10.0 Å². The van der Waals surface area contributed by atoms with Crippen molar-refractivity contribution in [3.05, 3.63) is 42.6 Å². The Morgan fingerprint density at radius 3 is 2.52 bits per heavy atom. The zero-order chi connectivity index (χ0) is 16.2. The molecule has 116 valence electrons. The first-order valence-corrected chi connectivity index (χ1v) is 8.17. The fourth-order valence-corrected chi connectivity index (χ4v) is 2.91. The van der Waals surface area contributed by atoms with Gasteiger partial charge in [0, 0.05) is 0 Å². The molecule has 0 spiro atoms. The molecule has 0 fully saturated rings. The number of nitrogens with zero attached hydrogens (tertiary/aromatic N) is 6. The second-order valence-corrected chi connectivity index (χ2v) is 6.58. The van der Waals surface area contributed by atoms with Crippen LogP contribution >= 0.6 is 0 Å². The maximum Gasteiger partial charge on any atom is 0.238 e. The summed E-state index contributed by atoms with van der Waals surface area (Å²) in [5.41, 5.74) is 1.94. The van der Waals surface area contributed by atoms with Crippen LogP contribution in [0.3, 0.4) is 0 Å². The maximum atomic E-state index is 11.3. The molecule has 1 aromatic carbocycles. The lowest BCUT2D eigenvalue weighted by molar-refractivity contribution is 0.598. The molecule has 10 heteroatoms. The standard InChI is InChI=1S/C13H11N7O2S/c1-8-17-18-13-11-6-16-20(12(11)15-7-19(8)13)9-2-4-10(5-3-9)23(14,21)22/h2-7H,1H3,(H2,14,21,22). The summed E-state index contributed by atoms with van der Waals surface area (Å²) in [6.45, 7) is 1.84. The van der Waals surface area contributed by atoms with E-state index in [1.165, 1.54) is 12.1 Å². The molecule has 23 heavy (non-hydrogen) atoms. The van der Waals surface area contributed by atoms with Crippen molar-refractivity contribution in [3.63, 3.8) is 0 Å². The van der Waals surface area contributed by atoms with Crippen LogP contribution < -0.4 is 5.14 Å². The lowest BCUT2D eigenvalue weighted by Gasteiger charge is -2.04. The molecule has 4 aromatic rings. The van der Waals surface area contributed by atoms with Gasteiger partial charge >= 0.3 is 0 Å². The average Bonchev–Trinajstić information content (AvgIpc) is 3.10. The number of aromatic nitrogens is 6. The van der Waals surface area contributed by atoms with Gasteiger partial charge in [-0.05, 0) is 31.2 Å². The van der Waals surface area contributed by atoms with Gasteiger partial charge in [-0.2, -0.15) is 5.10 Å². The molecule has 0 atom stereocenters. The van der Waals surface area contributed by atoms with Crippen LogP contribution in [0.1, 0.15) is 5.82 Å². The Labute approximate surface area is 130 Å². The Balaban J connectivity index is 1.91. The number of hydrogen-bond acceptors (Lipinski definition) is 6. The van der Waals surface area contributed by atoms with Gasteiger partial charge in [0.05, 0.1) is 22.2 Å². The van der Waals surface area contributed by atoms with E-state index in [1.807, 2.05) is 6.92 Å². The van der Waals surface area contributed by atoms with Gasteiger partial charge in [0.1, 0.15) is 12.2 Å². The van der Waals surface area contributed by atoms with Gasteiger partial charge in [-0.1, -0.05) is 0 Å². The Morgan fingerprint density at radius 1 is 1.09 bits per heavy atom. The molecule has 0 aliphatic carbocycles. The Kier molecular flexibility index (Phi) is 2.74. The SMILES string of the molecule is Cc1nnc2c3cnn(-c4ccc(S(N)(=O)=O)cc4)c3ncn12. The van der Waals surface area contributed by atoms with Crippen LogP contribution in [-0.4, -0.2) is 37.8 Å². The molecule has 0 radical (unpaired) electrons.